The average Bonchev–Trinajstić information content (AvgIpc) is 2.99. The molecule has 1 N–H and O–H groups in total. The van der Waals surface area contributed by atoms with Gasteiger partial charge in [-0.3, -0.25) is 9.69 Å². The summed E-state index contributed by atoms with van der Waals surface area (Å²) in [6.07, 6.45) is 5.68. The first-order valence-corrected chi connectivity index (χ1v) is 14.5. The first-order chi connectivity index (χ1) is 20.1. The normalized spacial score (nSPS) is 20.0. The van der Waals surface area contributed by atoms with Crippen molar-refractivity contribution < 1.29 is 19.0 Å². The highest BCUT2D eigenvalue weighted by Gasteiger charge is 2.28. The van der Waals surface area contributed by atoms with Gasteiger partial charge < -0.3 is 24.5 Å². The number of carbonyl (C=O) groups excluding carboxylic acids is 1. The van der Waals surface area contributed by atoms with Gasteiger partial charge in [-0.15, -0.1) is 0 Å². The van der Waals surface area contributed by atoms with Crippen LogP contribution in [0, 0.1) is 0 Å². The van der Waals surface area contributed by atoms with Crippen molar-refractivity contribution in [3.8, 4) is 11.8 Å². The summed E-state index contributed by atoms with van der Waals surface area (Å²) < 4.78 is 20.0. The number of piperazine rings is 1. The minimum Gasteiger partial charge on any atom is -0.508 e. The Morgan fingerprint density at radius 3 is 2.73 bits per heavy atom. The van der Waals surface area contributed by atoms with Crippen LogP contribution in [0.1, 0.15) is 24.1 Å². The number of benzene rings is 2. The van der Waals surface area contributed by atoms with Crippen LogP contribution in [-0.4, -0.2) is 96.3 Å². The molecule has 216 valence electrons. The maximum atomic E-state index is 13.9. The highest BCUT2D eigenvalue weighted by atomic mass is 19.1. The maximum absolute atomic E-state index is 13.9. The number of carbonyl (C=O) groups is 1. The van der Waals surface area contributed by atoms with Gasteiger partial charge in [-0.05, 0) is 43.3 Å². The Hall–Kier alpha value is -3.92. The predicted molar refractivity (Wildman–Crippen MR) is 157 cm³/mol. The van der Waals surface area contributed by atoms with Crippen LogP contribution < -0.4 is 14.5 Å². The standard InChI is InChI=1S/C31H37FN6O3/c32-24-6-3-9-36(21-24)16-18-41-31-33-28-22-38(29-20-25(40)19-23-5-1-2-7-26(23)29)11-8-27(28)30(34-31)37-14-12-35(13-15-37)10-4-17-39/h1-2,4-5,7,10,17,19-20,24,40H,3,6,8-9,11-16,18,21-22H2/t24-/m0/s1. The lowest BCUT2D eigenvalue weighted by atomic mass is 10.0. The topological polar surface area (TPSA) is 85.3 Å². The average molecular weight is 561 g/mol. The largest absolute Gasteiger partial charge is 0.508 e. The second-order valence-electron chi connectivity index (χ2n) is 11.0. The summed E-state index contributed by atoms with van der Waals surface area (Å²) in [4.78, 5) is 29.3. The summed E-state index contributed by atoms with van der Waals surface area (Å²) in [5.74, 6) is 1.15. The molecule has 3 aliphatic heterocycles. The number of aromatic hydroxyl groups is 1. The number of nitrogens with zero attached hydrogens (tertiary/aromatic N) is 6. The van der Waals surface area contributed by atoms with E-state index in [9.17, 15) is 14.3 Å². The van der Waals surface area contributed by atoms with E-state index in [2.05, 4.69) is 25.7 Å². The van der Waals surface area contributed by atoms with Gasteiger partial charge in [0.15, 0.2) is 0 Å². The molecule has 41 heavy (non-hydrogen) atoms. The lowest BCUT2D eigenvalue weighted by molar-refractivity contribution is -0.104. The summed E-state index contributed by atoms with van der Waals surface area (Å²) in [5.41, 5.74) is 3.04. The highest BCUT2D eigenvalue weighted by Crippen LogP contribution is 2.36. The number of anilines is 2. The van der Waals surface area contributed by atoms with E-state index >= 15 is 0 Å². The maximum Gasteiger partial charge on any atom is 0.318 e. The predicted octanol–water partition coefficient (Wildman–Crippen LogP) is 3.55. The molecule has 1 atom stereocenters. The number of alkyl halides is 1. The molecule has 10 heteroatoms. The number of phenols is 1. The van der Waals surface area contributed by atoms with E-state index in [1.807, 2.05) is 30.5 Å². The summed E-state index contributed by atoms with van der Waals surface area (Å²) in [6, 6.07) is 12.1. The molecule has 3 aromatic rings. The summed E-state index contributed by atoms with van der Waals surface area (Å²) in [6.45, 7) is 6.86. The van der Waals surface area contributed by atoms with Gasteiger partial charge >= 0.3 is 6.01 Å². The monoisotopic (exact) mass is 560 g/mol. The molecule has 1 aromatic heterocycles. The van der Waals surface area contributed by atoms with E-state index < -0.39 is 6.17 Å². The number of hydrogen-bond acceptors (Lipinski definition) is 9. The third kappa shape index (κ3) is 6.22. The van der Waals surface area contributed by atoms with Gasteiger partial charge in [-0.25, -0.2) is 4.39 Å². The highest BCUT2D eigenvalue weighted by molar-refractivity contribution is 5.95. The smallest absolute Gasteiger partial charge is 0.318 e. The summed E-state index contributed by atoms with van der Waals surface area (Å²) >= 11 is 0. The minimum absolute atomic E-state index is 0.242. The second kappa shape index (κ2) is 12.3. The third-order valence-electron chi connectivity index (χ3n) is 8.26. The minimum atomic E-state index is -0.769. The molecular formula is C31H37FN6O3. The molecule has 2 fully saturated rings. The number of ether oxygens (including phenoxy) is 1. The van der Waals surface area contributed by atoms with Crippen molar-refractivity contribution in [1.29, 1.82) is 0 Å². The number of likely N-dealkylation sites (tertiary alicyclic amines) is 1. The molecular weight excluding hydrogens is 523 g/mol. The van der Waals surface area contributed by atoms with Crippen molar-refractivity contribution in [2.24, 2.45) is 0 Å². The Bertz CT molecular complexity index is 1410. The number of fused-ring (bicyclic) bond motifs is 2. The fourth-order valence-electron chi connectivity index (χ4n) is 6.16. The number of aldehydes is 1. The number of halogens is 1. The lowest BCUT2D eigenvalue weighted by Gasteiger charge is -2.38. The Labute approximate surface area is 239 Å². The van der Waals surface area contributed by atoms with Crippen molar-refractivity contribution in [3.05, 3.63) is 59.9 Å². The molecule has 2 saturated heterocycles. The molecule has 0 radical (unpaired) electrons. The number of hydrogen-bond donors (Lipinski definition) is 1. The second-order valence-corrected chi connectivity index (χ2v) is 11.0. The molecule has 0 spiro atoms. The van der Waals surface area contributed by atoms with Gasteiger partial charge in [0.1, 0.15) is 30.6 Å². The first kappa shape index (κ1) is 27.3. The van der Waals surface area contributed by atoms with Gasteiger partial charge in [0.25, 0.3) is 0 Å². The van der Waals surface area contributed by atoms with Crippen LogP contribution in [0.2, 0.25) is 0 Å². The van der Waals surface area contributed by atoms with Crippen molar-refractivity contribution in [2.75, 3.05) is 68.8 Å². The molecule has 4 heterocycles. The van der Waals surface area contributed by atoms with Gasteiger partial charge in [0.2, 0.25) is 0 Å². The van der Waals surface area contributed by atoms with Crippen molar-refractivity contribution in [2.45, 2.75) is 32.0 Å². The zero-order chi connectivity index (χ0) is 28.2. The zero-order valence-electron chi connectivity index (χ0n) is 23.3. The van der Waals surface area contributed by atoms with E-state index in [1.54, 1.807) is 6.07 Å². The Morgan fingerprint density at radius 2 is 1.90 bits per heavy atom. The zero-order valence-corrected chi connectivity index (χ0v) is 23.3. The number of phenolic OH excluding ortho intramolecular Hbond substituents is 1. The van der Waals surface area contributed by atoms with E-state index in [-0.39, 0.29) is 5.75 Å². The van der Waals surface area contributed by atoms with Gasteiger partial charge in [0.05, 0.1) is 12.2 Å². The molecule has 0 saturated carbocycles. The Morgan fingerprint density at radius 1 is 1.05 bits per heavy atom. The molecule has 0 aliphatic carbocycles. The Balaban J connectivity index is 1.26. The Kier molecular flexibility index (Phi) is 8.18. The van der Waals surface area contributed by atoms with E-state index in [0.717, 1.165) is 91.9 Å². The number of allylic oxidation sites excluding steroid dienone is 1. The molecule has 6 rings (SSSR count). The number of piperidine rings is 1. The third-order valence-corrected chi connectivity index (χ3v) is 8.26. The lowest BCUT2D eigenvalue weighted by Crippen LogP contribution is -2.45. The van der Waals surface area contributed by atoms with Crippen molar-refractivity contribution in [1.82, 2.24) is 19.8 Å². The first-order valence-electron chi connectivity index (χ1n) is 14.5. The van der Waals surface area contributed by atoms with Crippen LogP contribution in [0.15, 0.2) is 48.7 Å². The van der Waals surface area contributed by atoms with Gasteiger partial charge in [-0.2, -0.15) is 9.97 Å². The van der Waals surface area contributed by atoms with E-state index in [1.165, 1.54) is 6.08 Å². The molecule has 0 unspecified atom stereocenters. The van der Waals surface area contributed by atoms with Crippen molar-refractivity contribution in [3.63, 3.8) is 0 Å². The van der Waals surface area contributed by atoms with Gasteiger partial charge in [-0.1, -0.05) is 24.3 Å². The van der Waals surface area contributed by atoms with Crippen LogP contribution in [0.4, 0.5) is 15.9 Å². The van der Waals surface area contributed by atoms with E-state index in [4.69, 9.17) is 14.7 Å². The summed E-state index contributed by atoms with van der Waals surface area (Å²) in [7, 11) is 0. The van der Waals surface area contributed by atoms with Crippen LogP contribution in [0.3, 0.4) is 0 Å². The van der Waals surface area contributed by atoms with E-state index in [0.29, 0.717) is 38.7 Å². The van der Waals surface area contributed by atoms with Crippen LogP contribution in [0.25, 0.3) is 10.8 Å². The van der Waals surface area contributed by atoms with Crippen LogP contribution in [0.5, 0.6) is 11.8 Å². The fraction of sp³-hybridized carbons (Fsp3) is 0.452. The fourth-order valence-corrected chi connectivity index (χ4v) is 6.16. The van der Waals surface area contributed by atoms with Crippen molar-refractivity contribution >= 4 is 28.6 Å². The molecule has 3 aliphatic rings. The van der Waals surface area contributed by atoms with Crippen LogP contribution in [-0.2, 0) is 17.8 Å². The van der Waals surface area contributed by atoms with Gasteiger partial charge in [0, 0.05) is 74.7 Å². The van der Waals surface area contributed by atoms with Crippen LogP contribution >= 0.6 is 0 Å². The number of aromatic nitrogens is 2. The SMILES string of the molecule is O=CC=CN1CCN(c2nc(OCCN3CCC[C@H](F)C3)nc3c2CCN(c2cc(O)cc4ccccc24)C3)CC1. The molecule has 0 bridgehead atoms. The quantitative estimate of drug-likeness (QED) is 0.329. The summed E-state index contributed by atoms with van der Waals surface area (Å²) in [5, 5.41) is 12.5. The molecule has 0 amide bonds. The molecule has 9 nitrogen and oxygen atoms in total. The number of rotatable bonds is 8. The molecule has 2 aromatic carbocycles.